The fraction of sp³-hybridized carbons (Fsp3) is 0.379. The van der Waals surface area contributed by atoms with E-state index in [-0.39, 0.29) is 5.69 Å². The zero-order chi connectivity index (χ0) is 26.2. The zero-order valence-electron chi connectivity index (χ0n) is 21.6. The second-order valence-corrected chi connectivity index (χ2v) is 9.26. The number of nitrogens with one attached hydrogen (secondary N) is 1. The van der Waals surface area contributed by atoms with Crippen LogP contribution in [0.1, 0.15) is 85.9 Å². The number of hydrogen-bond donors (Lipinski definition) is 2. The van der Waals surface area contributed by atoms with Crippen molar-refractivity contribution < 1.29 is 0 Å². The lowest BCUT2D eigenvalue weighted by atomic mass is 9.91. The number of nitrogens with zero attached hydrogens (tertiary/aromatic N) is 3. The Balaban J connectivity index is 1.97. The van der Waals surface area contributed by atoms with Crippen LogP contribution in [0.25, 0.3) is 11.3 Å². The van der Waals surface area contributed by atoms with Gasteiger partial charge in [0.15, 0.2) is 0 Å². The molecule has 3 aromatic rings. The number of aryl methyl sites for hydroxylation is 2. The van der Waals surface area contributed by atoms with Crippen molar-refractivity contribution in [1.82, 2.24) is 14.8 Å². The van der Waals surface area contributed by atoms with Crippen LogP contribution in [0, 0.1) is 25.2 Å². The molecule has 0 aliphatic heterocycles. The Morgan fingerprint density at radius 2 is 1.83 bits per heavy atom. The minimum absolute atomic E-state index is 0.353. The molecule has 7 nitrogen and oxygen atoms in total. The molecule has 7 heteroatoms. The number of aromatic nitrogens is 3. The summed E-state index contributed by atoms with van der Waals surface area (Å²) in [5.74, 6) is 0. The summed E-state index contributed by atoms with van der Waals surface area (Å²) >= 11 is 0. The number of nitrogen functional groups attached to an aromatic ring is 1. The van der Waals surface area contributed by atoms with Gasteiger partial charge in [0.25, 0.3) is 5.56 Å². The average Bonchev–Trinajstić information content (AvgIpc) is 2.84. The van der Waals surface area contributed by atoms with Crippen molar-refractivity contribution >= 4 is 11.3 Å². The summed E-state index contributed by atoms with van der Waals surface area (Å²) in [6.45, 7) is 8.38. The Kier molecular flexibility index (Phi) is 9.02. The molecule has 0 spiro atoms. The standard InChI is InChI=1S/C29H35N5O2/c1-5-7-9-11-22(10-8-6-2)25-17-21(12-13-26(25)31)16-24-19(3)14-23(15-20(24)4)34-29(36)32-28(35)27(18-30)33-34/h10,12-15,17H,5-9,11,16,31H2,1-4H3,(H,32,35,36)/b22-10-. The number of hydrogen-bond acceptors (Lipinski definition) is 5. The molecule has 1 aromatic heterocycles. The Morgan fingerprint density at radius 3 is 2.47 bits per heavy atom. The van der Waals surface area contributed by atoms with E-state index in [1.54, 1.807) is 6.07 Å². The van der Waals surface area contributed by atoms with E-state index in [0.717, 1.165) is 64.7 Å². The van der Waals surface area contributed by atoms with Crippen molar-refractivity contribution in [2.24, 2.45) is 0 Å². The molecule has 0 amide bonds. The molecule has 0 saturated carbocycles. The number of nitriles is 1. The Labute approximate surface area is 212 Å². The molecule has 0 unspecified atom stereocenters. The molecule has 0 fully saturated rings. The van der Waals surface area contributed by atoms with E-state index in [1.165, 1.54) is 24.0 Å². The van der Waals surface area contributed by atoms with Gasteiger partial charge in [-0.15, -0.1) is 5.10 Å². The molecular weight excluding hydrogens is 450 g/mol. The van der Waals surface area contributed by atoms with E-state index < -0.39 is 11.2 Å². The first kappa shape index (κ1) is 26.7. The van der Waals surface area contributed by atoms with E-state index >= 15 is 0 Å². The van der Waals surface area contributed by atoms with Crippen molar-refractivity contribution in [2.75, 3.05) is 5.73 Å². The highest BCUT2D eigenvalue weighted by atomic mass is 16.2. The molecular formula is C29H35N5O2. The van der Waals surface area contributed by atoms with E-state index in [0.29, 0.717) is 5.69 Å². The van der Waals surface area contributed by atoms with Crippen LogP contribution < -0.4 is 17.0 Å². The zero-order valence-corrected chi connectivity index (χ0v) is 21.6. The van der Waals surface area contributed by atoms with Crippen molar-refractivity contribution in [3.8, 4) is 11.8 Å². The third-order valence-electron chi connectivity index (χ3n) is 6.43. The summed E-state index contributed by atoms with van der Waals surface area (Å²) in [6.07, 6.45) is 9.77. The number of H-pyrrole nitrogens is 1. The van der Waals surface area contributed by atoms with Crippen LogP contribution in [0.15, 0.2) is 46.0 Å². The second-order valence-electron chi connectivity index (χ2n) is 9.26. The smallest absolute Gasteiger partial charge is 0.349 e. The normalized spacial score (nSPS) is 11.5. The van der Waals surface area contributed by atoms with Crippen molar-refractivity contribution in [2.45, 2.75) is 72.6 Å². The molecule has 188 valence electrons. The molecule has 0 radical (unpaired) electrons. The Hall–Kier alpha value is -3.92. The fourth-order valence-electron chi connectivity index (χ4n) is 4.45. The summed E-state index contributed by atoms with van der Waals surface area (Å²) in [4.78, 5) is 26.2. The van der Waals surface area contributed by atoms with Gasteiger partial charge < -0.3 is 5.73 Å². The highest BCUT2D eigenvalue weighted by Crippen LogP contribution is 2.30. The Morgan fingerprint density at radius 1 is 1.11 bits per heavy atom. The first-order valence-corrected chi connectivity index (χ1v) is 12.6. The minimum Gasteiger partial charge on any atom is -0.398 e. The molecule has 0 aliphatic rings. The maximum atomic E-state index is 12.3. The molecule has 0 atom stereocenters. The van der Waals surface area contributed by atoms with E-state index in [1.807, 2.05) is 32.0 Å². The van der Waals surface area contributed by atoms with Crippen LogP contribution in [0.4, 0.5) is 5.69 Å². The number of rotatable bonds is 10. The molecule has 2 aromatic carbocycles. The largest absolute Gasteiger partial charge is 0.398 e. The van der Waals surface area contributed by atoms with Gasteiger partial charge in [-0.1, -0.05) is 45.3 Å². The predicted octanol–water partition coefficient (Wildman–Crippen LogP) is 5.35. The summed E-state index contributed by atoms with van der Waals surface area (Å²) < 4.78 is 1.06. The number of unbranched alkanes of at least 4 members (excludes halogenated alkanes) is 3. The van der Waals surface area contributed by atoms with E-state index in [2.05, 4.69) is 42.1 Å². The fourth-order valence-corrected chi connectivity index (χ4v) is 4.45. The van der Waals surface area contributed by atoms with Gasteiger partial charge in [0.05, 0.1) is 5.69 Å². The lowest BCUT2D eigenvalue weighted by molar-refractivity contribution is 0.734. The number of anilines is 1. The average molecular weight is 486 g/mol. The van der Waals surface area contributed by atoms with Crippen molar-refractivity contribution in [3.63, 3.8) is 0 Å². The minimum atomic E-state index is -0.787. The molecule has 0 bridgehead atoms. The lowest BCUT2D eigenvalue weighted by Gasteiger charge is -2.16. The summed E-state index contributed by atoms with van der Waals surface area (Å²) in [7, 11) is 0. The van der Waals surface area contributed by atoms with Gasteiger partial charge in [-0.2, -0.15) is 9.94 Å². The molecule has 1 heterocycles. The highest BCUT2D eigenvalue weighted by Gasteiger charge is 2.13. The molecule has 3 N–H and O–H groups in total. The van der Waals surface area contributed by atoms with E-state index in [4.69, 9.17) is 11.0 Å². The first-order valence-electron chi connectivity index (χ1n) is 12.6. The topological polar surface area (TPSA) is 118 Å². The highest BCUT2D eigenvalue weighted by molar-refractivity contribution is 5.75. The lowest BCUT2D eigenvalue weighted by Crippen LogP contribution is -2.33. The molecule has 0 aliphatic carbocycles. The van der Waals surface area contributed by atoms with Gasteiger partial charge in [-0.25, -0.2) is 4.79 Å². The predicted molar refractivity (Wildman–Crippen MR) is 145 cm³/mol. The van der Waals surface area contributed by atoms with Gasteiger partial charge in [-0.05, 0) is 91.6 Å². The van der Waals surface area contributed by atoms with Crippen molar-refractivity contribution in [1.29, 1.82) is 5.26 Å². The summed E-state index contributed by atoms with van der Waals surface area (Å²) in [5, 5.41) is 13.1. The van der Waals surface area contributed by atoms with Crippen LogP contribution in [0.5, 0.6) is 0 Å². The van der Waals surface area contributed by atoms with E-state index in [9.17, 15) is 9.59 Å². The number of aromatic amines is 1. The van der Waals surface area contributed by atoms with Crippen molar-refractivity contribution in [3.05, 3.63) is 90.8 Å². The summed E-state index contributed by atoms with van der Waals surface area (Å²) in [6, 6.07) is 11.7. The maximum absolute atomic E-state index is 12.3. The third kappa shape index (κ3) is 6.19. The number of benzene rings is 2. The molecule has 36 heavy (non-hydrogen) atoms. The molecule has 0 saturated heterocycles. The van der Waals surface area contributed by atoms with Crippen LogP contribution in [-0.2, 0) is 6.42 Å². The van der Waals surface area contributed by atoms with Gasteiger partial charge in [-0.3, -0.25) is 9.78 Å². The summed E-state index contributed by atoms with van der Waals surface area (Å²) in [5.41, 5.74) is 12.7. The van der Waals surface area contributed by atoms with Gasteiger partial charge in [0.1, 0.15) is 6.07 Å². The van der Waals surface area contributed by atoms with Gasteiger partial charge in [0, 0.05) is 11.3 Å². The van der Waals surface area contributed by atoms with Crippen LogP contribution in [0.3, 0.4) is 0 Å². The first-order chi connectivity index (χ1) is 17.3. The maximum Gasteiger partial charge on any atom is 0.349 e. The number of nitrogens with two attached hydrogens (primary N) is 1. The Bertz CT molecular complexity index is 1400. The quantitative estimate of drug-likeness (QED) is 0.297. The van der Waals surface area contributed by atoms with Gasteiger partial charge >= 0.3 is 5.69 Å². The van der Waals surface area contributed by atoms with Gasteiger partial charge in [0.2, 0.25) is 5.69 Å². The van der Waals surface area contributed by atoms with Crippen LogP contribution in [0.2, 0.25) is 0 Å². The SMILES string of the molecule is CCC/C=C(/CCCCC)c1cc(Cc2c(C)cc(-n3nc(C#N)c(=O)[nH]c3=O)cc2C)ccc1N. The third-order valence-corrected chi connectivity index (χ3v) is 6.43. The number of allylic oxidation sites excluding steroid dienone is 2. The second kappa shape index (κ2) is 12.2. The monoisotopic (exact) mass is 485 g/mol. The van der Waals surface area contributed by atoms with Crippen LogP contribution in [-0.4, -0.2) is 14.8 Å². The van der Waals surface area contributed by atoms with Crippen LogP contribution >= 0.6 is 0 Å². The molecule has 3 rings (SSSR count).